The predicted octanol–water partition coefficient (Wildman–Crippen LogP) is 18.1. The van der Waals surface area contributed by atoms with Crippen LogP contribution in [0, 0.1) is 11.6 Å². The molecular formula is C98H76Br4F2N20O9. The van der Waals surface area contributed by atoms with Gasteiger partial charge in [-0.05, 0) is 217 Å². The Bertz CT molecular complexity index is 7610. The van der Waals surface area contributed by atoms with Crippen LogP contribution < -0.4 is 33.0 Å². The molecule has 35 heteroatoms. The molecule has 0 bridgehead atoms. The van der Waals surface area contributed by atoms with Crippen LogP contribution in [0.4, 0.5) is 20.2 Å². The number of H-pyrrole nitrogens is 1. The molecule has 29 nitrogen and oxygen atoms in total. The van der Waals surface area contributed by atoms with Crippen molar-refractivity contribution in [3.63, 3.8) is 0 Å². The van der Waals surface area contributed by atoms with Crippen molar-refractivity contribution in [1.29, 1.82) is 0 Å². The third-order valence-electron chi connectivity index (χ3n) is 20.2. The third kappa shape index (κ3) is 22.9. The summed E-state index contributed by atoms with van der Waals surface area (Å²) in [5, 5.41) is 45.2. The van der Waals surface area contributed by atoms with Crippen molar-refractivity contribution in [2.75, 3.05) is 24.1 Å². The second-order valence-corrected chi connectivity index (χ2v) is 32.1. The van der Waals surface area contributed by atoms with Gasteiger partial charge in [-0.1, -0.05) is 115 Å². The number of fused-ring (bicyclic) bond motifs is 12. The molecule has 2 aliphatic rings. The Hall–Kier alpha value is -15.8. The number of nitrogens with zero attached hydrogens (tertiary/aromatic N) is 16. The average Bonchev–Trinajstić information content (AvgIpc) is 1.70. The number of rotatable bonds is 8. The summed E-state index contributed by atoms with van der Waals surface area (Å²) in [6, 6.07) is 79.7. The molecule has 0 atom stereocenters. The Balaban J connectivity index is 0.000000125. The summed E-state index contributed by atoms with van der Waals surface area (Å²) in [6.07, 6.45) is 22.6. The molecule has 0 unspecified atom stereocenters. The van der Waals surface area contributed by atoms with Crippen molar-refractivity contribution in [3.05, 3.63) is 453 Å². The normalized spacial score (nSPS) is 11.5. The number of halogens is 6. The number of hydrogen-bond acceptors (Lipinski definition) is 18. The number of aromatic amines is 1. The third-order valence-corrected chi connectivity index (χ3v) is 22.8. The molecule has 0 saturated carbocycles. The fourth-order valence-electron chi connectivity index (χ4n) is 14.0. The number of carboxylic acid groups (broad SMARTS) is 2. The number of nitrogens with two attached hydrogens (primary N) is 1. The van der Waals surface area contributed by atoms with Gasteiger partial charge in [0.25, 0.3) is 28.5 Å². The number of amides is 2. The molecule has 0 fully saturated rings. The second-order valence-electron chi connectivity index (χ2n) is 28.7. The van der Waals surface area contributed by atoms with E-state index in [1.54, 1.807) is 120 Å². The van der Waals surface area contributed by atoms with Crippen LogP contribution in [0.25, 0.3) is 66.7 Å². The summed E-state index contributed by atoms with van der Waals surface area (Å²) in [4.78, 5) is 106. The van der Waals surface area contributed by atoms with E-state index in [1.807, 2.05) is 187 Å². The number of aromatic carboxylic acids is 2. The zero-order valence-electron chi connectivity index (χ0n) is 69.9. The smallest absolute Gasteiger partial charge is 0.336 e. The number of carboxylic acids is 2. The number of carbonyl (C=O) groups is 4. The van der Waals surface area contributed by atoms with Gasteiger partial charge in [0.15, 0.2) is 0 Å². The van der Waals surface area contributed by atoms with Crippen LogP contribution in [0.2, 0.25) is 0 Å². The molecule has 0 aliphatic carbocycles. The second kappa shape index (κ2) is 44.9. The Kier molecular flexibility index (Phi) is 31.5. The lowest BCUT2D eigenvalue weighted by Gasteiger charge is -2.29. The topological polar surface area (TPSA) is 373 Å². The quantitative estimate of drug-likeness (QED) is 0.0608. The van der Waals surface area contributed by atoms with Gasteiger partial charge in [0.2, 0.25) is 0 Å². The molecule has 664 valence electrons. The van der Waals surface area contributed by atoms with Crippen molar-refractivity contribution in [1.82, 2.24) is 87.9 Å². The number of pyridine rings is 5. The van der Waals surface area contributed by atoms with Gasteiger partial charge in [0.1, 0.15) is 28.6 Å². The molecule has 8 aromatic carbocycles. The first-order chi connectivity index (χ1) is 64.7. The standard InChI is InChI=1S/C22H16BrFN4O2.C15H14N4O.C15H10N4O.C12H9BrN2O.C12H8N2.C7H4BrFO2.C6H4BrNO2.C6H7N.C3H4N2/c23-17-7-6-14(12-18(17)24)21(29)26-11-9-16-19(13-26)28-20(8-10-25-28)27(22(16)30)15-4-2-1-3-5-15;2*20-15-12-6-8-16-10-13(12)19-14(7-9-17-19)18(15)11-4-2-1-3-5-11;13-11-8-14-7-6-10(11)12(16)15-9-4-2-1-3-5-9;1-3-9-5-6-10-4-2-8-14-12(10)11(9)13-7-1;8-5-2-1-4(7(10)11)3-6(5)9;7-5-3-8-2-1-4(5)6(9)10;7-6-4-2-1-3-5-6;1-2-4-5-3-1/h1-8,10,12H,9,11,13H2;1-5,7,9,16H,6,8,10H2;1-10H;1-8H,(H,15,16);1-8H;1-3H,(H,10,11);1-3H,(H,9,10);1-5H,7H2;1-3H,(H,4,5). The van der Waals surface area contributed by atoms with Crippen LogP contribution in [0.15, 0.2) is 380 Å². The van der Waals surface area contributed by atoms with Crippen LogP contribution in [0.1, 0.15) is 63.9 Å². The first-order valence-electron chi connectivity index (χ1n) is 40.7. The molecule has 133 heavy (non-hydrogen) atoms. The maximum atomic E-state index is 13.9. The maximum absolute atomic E-state index is 13.9. The van der Waals surface area contributed by atoms with Gasteiger partial charge in [-0.2, -0.15) is 20.4 Å². The van der Waals surface area contributed by atoms with E-state index in [0.29, 0.717) is 66.3 Å². The summed E-state index contributed by atoms with van der Waals surface area (Å²) in [5.74, 6) is -3.56. The number of nitrogen functional groups attached to an aromatic ring is 1. The Morgan fingerprint density at radius 1 is 0.436 bits per heavy atom. The van der Waals surface area contributed by atoms with Crippen LogP contribution in [-0.4, -0.2) is 130 Å². The number of carbonyl (C=O) groups excluding carboxylic acids is 2. The summed E-state index contributed by atoms with van der Waals surface area (Å²) in [6.45, 7) is 2.14. The number of aromatic nitrogens is 16. The molecule has 0 radical (unpaired) electrons. The monoisotopic (exact) mass is 2030 g/mol. The summed E-state index contributed by atoms with van der Waals surface area (Å²) >= 11 is 12.4. The summed E-state index contributed by atoms with van der Waals surface area (Å²) in [5.41, 5.74) is 18.3. The van der Waals surface area contributed by atoms with E-state index < -0.39 is 23.6 Å². The van der Waals surface area contributed by atoms with Crippen molar-refractivity contribution < 1.29 is 38.2 Å². The maximum Gasteiger partial charge on any atom is 0.336 e. The Morgan fingerprint density at radius 2 is 0.910 bits per heavy atom. The molecule has 7 N–H and O–H groups in total. The number of benzene rings is 8. The highest BCUT2D eigenvalue weighted by Gasteiger charge is 2.29. The van der Waals surface area contributed by atoms with Gasteiger partial charge in [0, 0.05) is 130 Å². The number of hydrogen-bond donors (Lipinski definition) is 6. The van der Waals surface area contributed by atoms with Gasteiger partial charge in [0.05, 0.1) is 112 Å². The number of nitrogens with one attached hydrogen (secondary N) is 3. The number of anilines is 2. The van der Waals surface area contributed by atoms with E-state index >= 15 is 0 Å². The Labute approximate surface area is 788 Å². The molecule has 22 rings (SSSR count). The molecular weight excluding hydrogens is 1960 g/mol. The highest BCUT2D eigenvalue weighted by molar-refractivity contribution is 9.11. The molecule has 20 aromatic rings. The minimum atomic E-state index is -1.13. The first-order valence-corrected chi connectivity index (χ1v) is 43.8. The first kappa shape index (κ1) is 93.3. The average molecular weight is 2040 g/mol. The highest BCUT2D eigenvalue weighted by atomic mass is 79.9. The van der Waals surface area contributed by atoms with Crippen molar-refractivity contribution in [3.8, 4) is 17.1 Å². The van der Waals surface area contributed by atoms with Crippen LogP contribution in [0.5, 0.6) is 0 Å². The van der Waals surface area contributed by atoms with Gasteiger partial charge >= 0.3 is 11.9 Å². The van der Waals surface area contributed by atoms with E-state index in [9.17, 15) is 42.3 Å². The molecule has 2 amide bonds. The van der Waals surface area contributed by atoms with Crippen molar-refractivity contribution >= 4 is 148 Å². The van der Waals surface area contributed by atoms with Crippen molar-refractivity contribution in [2.45, 2.75) is 25.9 Å². The van der Waals surface area contributed by atoms with Gasteiger partial charge in [-0.15, -0.1) is 0 Å². The molecule has 0 spiro atoms. The van der Waals surface area contributed by atoms with Crippen LogP contribution in [0.3, 0.4) is 0 Å². The van der Waals surface area contributed by atoms with Gasteiger partial charge in [-0.25, -0.2) is 31.9 Å². The zero-order chi connectivity index (χ0) is 93.3. The summed E-state index contributed by atoms with van der Waals surface area (Å²) in [7, 11) is 0. The lowest BCUT2D eigenvalue weighted by molar-refractivity contribution is 0.0685. The Morgan fingerprint density at radius 3 is 1.39 bits per heavy atom. The van der Waals surface area contributed by atoms with Crippen molar-refractivity contribution in [2.24, 2.45) is 0 Å². The fraction of sp³-hybridized carbons (Fsp3) is 0.0612. The van der Waals surface area contributed by atoms with E-state index in [4.69, 9.17) is 15.9 Å². The predicted molar refractivity (Wildman–Crippen MR) is 518 cm³/mol. The highest BCUT2D eigenvalue weighted by Crippen LogP contribution is 2.27. The fourth-order valence-corrected chi connectivity index (χ4v) is 15.3. The van der Waals surface area contributed by atoms with E-state index in [-0.39, 0.29) is 56.2 Å². The zero-order valence-corrected chi connectivity index (χ0v) is 76.2. The van der Waals surface area contributed by atoms with Crippen LogP contribution >= 0.6 is 63.7 Å². The molecule has 2 aliphatic heterocycles. The lowest BCUT2D eigenvalue weighted by atomic mass is 10.0. The number of para-hydroxylation sites is 5. The minimum Gasteiger partial charge on any atom is -0.478 e. The van der Waals surface area contributed by atoms with E-state index in [2.05, 4.69) is 149 Å². The SMILES string of the molecule is Nc1ccccc1.O=C(Nc1ccccc1)c1ccncc1Br.O=C(O)c1ccc(Br)c(F)c1.O=C(O)c1ccncc1Br.O=C(c1ccc(Br)c(F)c1)N1CCc2c(n3nccc3n(-c3ccccc3)c2=O)C1.O=c1c2c(n3nccc3n1-c1ccccc1)CNCC2.O=c1c2ccncc2n2nccc2n1-c1ccccc1.c1cn[nH]c1.c1cnc2c(c1)ccc1cccnc12. The van der Waals surface area contributed by atoms with Crippen LogP contribution in [-0.2, 0) is 25.9 Å². The lowest BCUT2D eigenvalue weighted by Crippen LogP contribution is -2.41. The summed E-state index contributed by atoms with van der Waals surface area (Å²) < 4.78 is 38.7. The van der Waals surface area contributed by atoms with E-state index in [1.165, 1.54) is 42.7 Å². The molecule has 12 aromatic heterocycles. The van der Waals surface area contributed by atoms with Gasteiger partial charge < -0.3 is 31.5 Å². The van der Waals surface area contributed by atoms with E-state index in [0.717, 1.165) is 91.8 Å². The molecule has 14 heterocycles. The largest absolute Gasteiger partial charge is 0.478 e. The molecule has 0 saturated heterocycles. The minimum absolute atomic E-state index is 0.0503. The van der Waals surface area contributed by atoms with Gasteiger partial charge in [-0.3, -0.25) is 67.7 Å².